The van der Waals surface area contributed by atoms with Crippen LogP contribution in [-0.2, 0) is 11.2 Å². The molecule has 0 saturated heterocycles. The van der Waals surface area contributed by atoms with E-state index in [0.717, 1.165) is 6.42 Å². The predicted molar refractivity (Wildman–Crippen MR) is 55.1 cm³/mol. The summed E-state index contributed by atoms with van der Waals surface area (Å²) in [4.78, 5) is 10.5. The molecule has 0 radical (unpaired) electrons. The summed E-state index contributed by atoms with van der Waals surface area (Å²) in [6.45, 7) is 2.02. The van der Waals surface area contributed by atoms with Crippen LogP contribution in [0, 0.1) is 6.92 Å². The van der Waals surface area contributed by atoms with Crippen LogP contribution in [0.2, 0.25) is 0 Å². The van der Waals surface area contributed by atoms with Crippen molar-refractivity contribution in [3.05, 3.63) is 35.4 Å². The molecule has 0 aliphatic heterocycles. The van der Waals surface area contributed by atoms with Crippen molar-refractivity contribution in [1.29, 1.82) is 0 Å². The van der Waals surface area contributed by atoms with Gasteiger partial charge in [0.15, 0.2) is 0 Å². The number of hydrogen-bond donors (Lipinski definition) is 2. The van der Waals surface area contributed by atoms with Gasteiger partial charge in [0.25, 0.3) is 0 Å². The zero-order valence-corrected chi connectivity index (χ0v) is 8.23. The Balaban J connectivity index is 2.54. The van der Waals surface area contributed by atoms with Gasteiger partial charge in [-0.2, -0.15) is 0 Å². The van der Waals surface area contributed by atoms with Crippen LogP contribution in [0.1, 0.15) is 17.5 Å². The Morgan fingerprint density at radius 2 is 2.14 bits per heavy atom. The van der Waals surface area contributed by atoms with Gasteiger partial charge in [0.05, 0.1) is 0 Å². The fourth-order valence-electron chi connectivity index (χ4n) is 1.33. The molecule has 1 aromatic carbocycles. The molecule has 76 valence electrons. The molecule has 0 saturated carbocycles. The maximum absolute atomic E-state index is 10.5. The van der Waals surface area contributed by atoms with Gasteiger partial charge in [-0.25, -0.2) is 0 Å². The molecule has 0 aromatic heterocycles. The molecular formula is C11H15NO2. The molecule has 0 aliphatic carbocycles. The molecule has 1 atom stereocenters. The summed E-state index contributed by atoms with van der Waals surface area (Å²) in [6, 6.07) is 7.19. The molecule has 0 heterocycles. The quantitative estimate of drug-likeness (QED) is 0.758. The monoisotopic (exact) mass is 193 g/mol. The van der Waals surface area contributed by atoms with E-state index >= 15 is 0 Å². The maximum atomic E-state index is 10.5. The Morgan fingerprint density at radius 1 is 1.50 bits per heavy atom. The molecular weight excluding hydrogens is 178 g/mol. The molecule has 3 nitrogen and oxygen atoms in total. The van der Waals surface area contributed by atoms with E-state index < -0.39 is 12.0 Å². The van der Waals surface area contributed by atoms with Gasteiger partial charge >= 0.3 is 5.97 Å². The first-order valence-electron chi connectivity index (χ1n) is 4.64. The molecule has 1 aromatic rings. The second-order valence-electron chi connectivity index (χ2n) is 3.41. The number of benzene rings is 1. The second-order valence-corrected chi connectivity index (χ2v) is 3.41. The summed E-state index contributed by atoms with van der Waals surface area (Å²) in [7, 11) is 0. The number of carboxylic acid groups (broad SMARTS) is 1. The fraction of sp³-hybridized carbons (Fsp3) is 0.364. The van der Waals surface area contributed by atoms with Crippen molar-refractivity contribution in [3.63, 3.8) is 0 Å². The van der Waals surface area contributed by atoms with Crippen molar-refractivity contribution >= 4 is 5.97 Å². The third kappa shape index (κ3) is 2.85. The highest BCUT2D eigenvalue weighted by Crippen LogP contribution is 2.10. The van der Waals surface area contributed by atoms with Gasteiger partial charge in [-0.1, -0.05) is 24.3 Å². The highest BCUT2D eigenvalue weighted by atomic mass is 16.4. The van der Waals surface area contributed by atoms with E-state index in [4.69, 9.17) is 10.8 Å². The van der Waals surface area contributed by atoms with Gasteiger partial charge in [-0.05, 0) is 30.9 Å². The van der Waals surface area contributed by atoms with Crippen molar-refractivity contribution in [2.24, 2.45) is 5.73 Å². The lowest BCUT2D eigenvalue weighted by atomic mass is 10.0. The Labute approximate surface area is 83.6 Å². The number of carbonyl (C=O) groups is 1. The average Bonchev–Trinajstić information content (AvgIpc) is 2.16. The second kappa shape index (κ2) is 4.77. The van der Waals surface area contributed by atoms with E-state index in [9.17, 15) is 4.79 Å². The van der Waals surface area contributed by atoms with Gasteiger partial charge in [0.2, 0.25) is 0 Å². The SMILES string of the molecule is Cc1ccccc1CC[C@H](N)C(=O)O. The number of hydrogen-bond acceptors (Lipinski definition) is 2. The summed E-state index contributed by atoms with van der Waals surface area (Å²) in [5.41, 5.74) is 7.77. The predicted octanol–water partition coefficient (Wildman–Crippen LogP) is 1.34. The van der Waals surface area contributed by atoms with Gasteiger partial charge in [0, 0.05) is 0 Å². The Hall–Kier alpha value is -1.35. The van der Waals surface area contributed by atoms with Crippen molar-refractivity contribution in [2.45, 2.75) is 25.8 Å². The normalized spacial score (nSPS) is 12.4. The smallest absolute Gasteiger partial charge is 0.320 e. The molecule has 14 heavy (non-hydrogen) atoms. The van der Waals surface area contributed by atoms with Gasteiger partial charge in [0.1, 0.15) is 6.04 Å². The van der Waals surface area contributed by atoms with Crippen LogP contribution in [-0.4, -0.2) is 17.1 Å². The zero-order chi connectivity index (χ0) is 10.6. The minimum absolute atomic E-state index is 0.486. The van der Waals surface area contributed by atoms with Crippen molar-refractivity contribution in [1.82, 2.24) is 0 Å². The van der Waals surface area contributed by atoms with E-state index in [1.54, 1.807) is 0 Å². The standard InChI is InChI=1S/C11H15NO2/c1-8-4-2-3-5-9(8)6-7-10(12)11(13)14/h2-5,10H,6-7,12H2,1H3,(H,13,14)/t10-/m0/s1. The number of nitrogens with two attached hydrogens (primary N) is 1. The maximum Gasteiger partial charge on any atom is 0.320 e. The fourth-order valence-corrected chi connectivity index (χ4v) is 1.33. The lowest BCUT2D eigenvalue weighted by Gasteiger charge is -2.07. The Bertz CT molecular complexity index is 323. The van der Waals surface area contributed by atoms with E-state index in [-0.39, 0.29) is 0 Å². The van der Waals surface area contributed by atoms with Crippen LogP contribution in [0.25, 0.3) is 0 Å². The van der Waals surface area contributed by atoms with Crippen LogP contribution in [0.4, 0.5) is 0 Å². The molecule has 0 amide bonds. The zero-order valence-electron chi connectivity index (χ0n) is 8.23. The molecule has 1 rings (SSSR count). The topological polar surface area (TPSA) is 63.3 Å². The van der Waals surface area contributed by atoms with E-state index in [1.165, 1.54) is 11.1 Å². The first-order valence-corrected chi connectivity index (χ1v) is 4.64. The molecule has 3 heteroatoms. The van der Waals surface area contributed by atoms with E-state index in [1.807, 2.05) is 31.2 Å². The summed E-state index contributed by atoms with van der Waals surface area (Å²) in [6.07, 6.45) is 1.21. The number of carboxylic acids is 1. The Morgan fingerprint density at radius 3 is 2.71 bits per heavy atom. The lowest BCUT2D eigenvalue weighted by Crippen LogP contribution is -2.30. The average molecular weight is 193 g/mol. The number of aliphatic carboxylic acids is 1. The Kier molecular flexibility index (Phi) is 3.65. The van der Waals surface area contributed by atoms with Gasteiger partial charge in [-0.15, -0.1) is 0 Å². The minimum atomic E-state index is -0.932. The third-order valence-electron chi connectivity index (χ3n) is 2.30. The largest absolute Gasteiger partial charge is 0.480 e. The van der Waals surface area contributed by atoms with Crippen LogP contribution < -0.4 is 5.73 Å². The van der Waals surface area contributed by atoms with Crippen LogP contribution >= 0.6 is 0 Å². The molecule has 3 N–H and O–H groups in total. The molecule has 0 bridgehead atoms. The third-order valence-corrected chi connectivity index (χ3v) is 2.30. The first-order chi connectivity index (χ1) is 6.61. The van der Waals surface area contributed by atoms with Crippen molar-refractivity contribution < 1.29 is 9.90 Å². The van der Waals surface area contributed by atoms with Gasteiger partial charge < -0.3 is 10.8 Å². The summed E-state index contributed by atoms with van der Waals surface area (Å²) in [5, 5.41) is 8.60. The molecule has 0 unspecified atom stereocenters. The number of aryl methyl sites for hydroxylation is 2. The first kappa shape index (κ1) is 10.7. The van der Waals surface area contributed by atoms with Crippen molar-refractivity contribution in [3.8, 4) is 0 Å². The highest BCUT2D eigenvalue weighted by molar-refractivity contribution is 5.73. The molecule has 0 fully saturated rings. The van der Waals surface area contributed by atoms with Crippen LogP contribution in [0.5, 0.6) is 0 Å². The lowest BCUT2D eigenvalue weighted by molar-refractivity contribution is -0.138. The molecule has 0 spiro atoms. The van der Waals surface area contributed by atoms with Crippen LogP contribution in [0.3, 0.4) is 0 Å². The minimum Gasteiger partial charge on any atom is -0.480 e. The van der Waals surface area contributed by atoms with E-state index in [0.29, 0.717) is 6.42 Å². The summed E-state index contributed by atoms with van der Waals surface area (Å²) >= 11 is 0. The summed E-state index contributed by atoms with van der Waals surface area (Å²) < 4.78 is 0. The molecule has 0 aliphatic rings. The highest BCUT2D eigenvalue weighted by Gasteiger charge is 2.11. The van der Waals surface area contributed by atoms with Gasteiger partial charge in [-0.3, -0.25) is 4.79 Å². The van der Waals surface area contributed by atoms with Crippen LogP contribution in [0.15, 0.2) is 24.3 Å². The number of rotatable bonds is 4. The van der Waals surface area contributed by atoms with E-state index in [2.05, 4.69) is 0 Å². The summed E-state index contributed by atoms with van der Waals surface area (Å²) in [5.74, 6) is -0.932. The van der Waals surface area contributed by atoms with Crippen molar-refractivity contribution in [2.75, 3.05) is 0 Å².